The van der Waals surface area contributed by atoms with E-state index >= 15 is 0 Å². The number of ether oxygens (including phenoxy) is 2. The van der Waals surface area contributed by atoms with Gasteiger partial charge in [-0.1, -0.05) is 0 Å². The van der Waals surface area contributed by atoms with Crippen LogP contribution in [0.15, 0.2) is 18.2 Å². The summed E-state index contributed by atoms with van der Waals surface area (Å²) in [5.41, 5.74) is 0.886. The van der Waals surface area contributed by atoms with Gasteiger partial charge in [0.05, 0.1) is 20.3 Å². The monoisotopic (exact) mass is 235 g/mol. The predicted molar refractivity (Wildman–Crippen MR) is 64.5 cm³/mol. The van der Waals surface area contributed by atoms with E-state index in [-0.39, 0.29) is 11.8 Å². The first-order valence-electron chi connectivity index (χ1n) is 5.62. The van der Waals surface area contributed by atoms with Crippen LogP contribution in [-0.2, 0) is 4.79 Å². The Morgan fingerprint density at radius 1 is 1.29 bits per heavy atom. The van der Waals surface area contributed by atoms with E-state index in [1.54, 1.807) is 14.2 Å². The van der Waals surface area contributed by atoms with Gasteiger partial charge in [0.2, 0.25) is 0 Å². The second-order valence-electron chi connectivity index (χ2n) is 4.21. The van der Waals surface area contributed by atoms with Crippen molar-refractivity contribution in [2.24, 2.45) is 0 Å². The van der Waals surface area contributed by atoms with Crippen LogP contribution in [0.2, 0.25) is 0 Å². The summed E-state index contributed by atoms with van der Waals surface area (Å²) in [6, 6.07) is 5.35. The van der Waals surface area contributed by atoms with Gasteiger partial charge in [-0.2, -0.15) is 0 Å². The highest BCUT2D eigenvalue weighted by Gasteiger charge is 2.33. The van der Waals surface area contributed by atoms with Gasteiger partial charge in [0, 0.05) is 18.5 Å². The van der Waals surface area contributed by atoms with Gasteiger partial charge in [-0.05, 0) is 25.2 Å². The van der Waals surface area contributed by atoms with Crippen LogP contribution in [0, 0.1) is 0 Å². The van der Waals surface area contributed by atoms with Crippen LogP contribution in [0.3, 0.4) is 0 Å². The average Bonchev–Trinajstić information content (AvgIpc) is 2.68. The van der Waals surface area contributed by atoms with Crippen molar-refractivity contribution in [1.82, 2.24) is 4.90 Å². The Labute approximate surface area is 101 Å². The highest BCUT2D eigenvalue weighted by molar-refractivity contribution is 5.88. The van der Waals surface area contributed by atoms with Crippen LogP contribution in [0.5, 0.6) is 11.5 Å². The zero-order valence-corrected chi connectivity index (χ0v) is 10.4. The normalized spacial score (nSPS) is 20.6. The molecule has 0 amide bonds. The fourth-order valence-corrected chi connectivity index (χ4v) is 2.26. The molecule has 1 aromatic rings. The standard InChI is InChI=1S/C13H17NO3/c1-14-7-6-11(15)13(14)10-8-9(16-2)4-5-12(10)17-3/h4-5,8,13H,6-7H2,1-3H3. The van der Waals surface area contributed by atoms with E-state index in [9.17, 15) is 4.79 Å². The van der Waals surface area contributed by atoms with E-state index in [0.717, 1.165) is 23.6 Å². The molecule has 0 aromatic heterocycles. The Morgan fingerprint density at radius 3 is 2.59 bits per heavy atom. The molecule has 17 heavy (non-hydrogen) atoms. The van der Waals surface area contributed by atoms with Gasteiger partial charge >= 0.3 is 0 Å². The summed E-state index contributed by atoms with van der Waals surface area (Å²) in [5.74, 6) is 1.71. The Bertz CT molecular complexity index is 431. The van der Waals surface area contributed by atoms with Crippen molar-refractivity contribution in [3.8, 4) is 11.5 Å². The number of likely N-dealkylation sites (tertiary alicyclic amines) is 1. The summed E-state index contributed by atoms with van der Waals surface area (Å²) in [6.07, 6.45) is 0.599. The average molecular weight is 235 g/mol. The van der Waals surface area contributed by atoms with Crippen LogP contribution in [0.1, 0.15) is 18.0 Å². The van der Waals surface area contributed by atoms with E-state index < -0.39 is 0 Å². The van der Waals surface area contributed by atoms with Crippen molar-refractivity contribution in [3.05, 3.63) is 23.8 Å². The van der Waals surface area contributed by atoms with Crippen molar-refractivity contribution in [3.63, 3.8) is 0 Å². The Balaban J connectivity index is 2.44. The molecule has 0 radical (unpaired) electrons. The minimum atomic E-state index is -0.208. The van der Waals surface area contributed by atoms with Crippen LogP contribution in [0.4, 0.5) is 0 Å². The fraction of sp³-hybridized carbons (Fsp3) is 0.462. The van der Waals surface area contributed by atoms with Crippen LogP contribution >= 0.6 is 0 Å². The molecule has 1 atom stereocenters. The minimum absolute atomic E-state index is 0.208. The summed E-state index contributed by atoms with van der Waals surface area (Å²) in [4.78, 5) is 14.0. The smallest absolute Gasteiger partial charge is 0.155 e. The molecule has 4 heteroatoms. The van der Waals surface area contributed by atoms with Crippen molar-refractivity contribution < 1.29 is 14.3 Å². The molecule has 1 fully saturated rings. The molecule has 2 rings (SSSR count). The zero-order valence-electron chi connectivity index (χ0n) is 10.4. The van der Waals surface area contributed by atoms with E-state index in [4.69, 9.17) is 9.47 Å². The van der Waals surface area contributed by atoms with Crippen molar-refractivity contribution in [2.75, 3.05) is 27.8 Å². The van der Waals surface area contributed by atoms with Gasteiger partial charge in [-0.15, -0.1) is 0 Å². The maximum Gasteiger partial charge on any atom is 0.155 e. The maximum atomic E-state index is 11.9. The largest absolute Gasteiger partial charge is 0.497 e. The number of methoxy groups -OCH3 is 2. The molecular weight excluding hydrogens is 218 g/mol. The molecule has 0 N–H and O–H groups in total. The first kappa shape index (κ1) is 11.9. The Morgan fingerprint density at radius 2 is 2.06 bits per heavy atom. The van der Waals surface area contributed by atoms with E-state index in [2.05, 4.69) is 0 Å². The molecule has 1 aromatic carbocycles. The number of likely N-dealkylation sites (N-methyl/N-ethyl adjacent to an activating group) is 1. The Kier molecular flexibility index (Phi) is 3.33. The van der Waals surface area contributed by atoms with E-state index in [0.29, 0.717) is 6.42 Å². The van der Waals surface area contributed by atoms with Crippen molar-refractivity contribution in [1.29, 1.82) is 0 Å². The molecule has 1 unspecified atom stereocenters. The van der Waals surface area contributed by atoms with Crippen molar-refractivity contribution >= 4 is 5.78 Å². The summed E-state index contributed by atoms with van der Waals surface area (Å²) < 4.78 is 10.5. The lowest BCUT2D eigenvalue weighted by atomic mass is 10.0. The summed E-state index contributed by atoms with van der Waals surface area (Å²) in [5, 5.41) is 0. The molecule has 1 aliphatic heterocycles. The first-order valence-corrected chi connectivity index (χ1v) is 5.62. The molecule has 1 aliphatic rings. The lowest BCUT2D eigenvalue weighted by Crippen LogP contribution is -2.21. The molecule has 0 saturated carbocycles. The van der Waals surface area contributed by atoms with Crippen molar-refractivity contribution in [2.45, 2.75) is 12.5 Å². The number of rotatable bonds is 3. The topological polar surface area (TPSA) is 38.8 Å². The van der Waals surface area contributed by atoms with Gasteiger partial charge in [0.15, 0.2) is 5.78 Å². The molecule has 1 saturated heterocycles. The minimum Gasteiger partial charge on any atom is -0.497 e. The first-order chi connectivity index (χ1) is 8.17. The Hall–Kier alpha value is -1.55. The number of Topliss-reactive ketones (excluding diaryl/α,β-unsaturated/α-hetero) is 1. The summed E-state index contributed by atoms with van der Waals surface area (Å²) >= 11 is 0. The summed E-state index contributed by atoms with van der Waals surface area (Å²) in [7, 11) is 5.19. The quantitative estimate of drug-likeness (QED) is 0.798. The van der Waals surface area contributed by atoms with E-state index in [1.165, 1.54) is 0 Å². The number of carbonyl (C=O) groups is 1. The highest BCUT2D eigenvalue weighted by Crippen LogP contribution is 2.35. The third kappa shape index (κ3) is 2.13. The number of ketones is 1. The third-order valence-corrected chi connectivity index (χ3v) is 3.19. The van der Waals surface area contributed by atoms with Gasteiger partial charge in [-0.25, -0.2) is 0 Å². The van der Waals surface area contributed by atoms with Crippen LogP contribution in [0.25, 0.3) is 0 Å². The summed E-state index contributed by atoms with van der Waals surface area (Å²) in [6.45, 7) is 0.796. The van der Waals surface area contributed by atoms with Gasteiger partial charge in [-0.3, -0.25) is 9.69 Å². The zero-order chi connectivity index (χ0) is 12.4. The van der Waals surface area contributed by atoms with Crippen LogP contribution < -0.4 is 9.47 Å². The SMILES string of the molecule is COc1ccc(OC)c(C2C(=O)CCN2C)c1. The highest BCUT2D eigenvalue weighted by atomic mass is 16.5. The molecular formula is C13H17NO3. The lowest BCUT2D eigenvalue weighted by molar-refractivity contribution is -0.119. The van der Waals surface area contributed by atoms with E-state index in [1.807, 2.05) is 30.1 Å². The number of benzene rings is 1. The second kappa shape index (κ2) is 4.75. The number of hydrogen-bond acceptors (Lipinski definition) is 4. The molecule has 0 bridgehead atoms. The van der Waals surface area contributed by atoms with Crippen LogP contribution in [-0.4, -0.2) is 38.5 Å². The lowest BCUT2D eigenvalue weighted by Gasteiger charge is -2.21. The molecule has 92 valence electrons. The number of carbonyl (C=O) groups excluding carboxylic acids is 1. The molecule has 1 heterocycles. The number of nitrogens with zero attached hydrogens (tertiary/aromatic N) is 1. The fourth-order valence-electron chi connectivity index (χ4n) is 2.26. The maximum absolute atomic E-state index is 11.9. The molecule has 4 nitrogen and oxygen atoms in total. The molecule has 0 aliphatic carbocycles. The third-order valence-electron chi connectivity index (χ3n) is 3.19. The van der Waals surface area contributed by atoms with Gasteiger partial charge in [0.25, 0.3) is 0 Å². The second-order valence-corrected chi connectivity index (χ2v) is 4.21. The van der Waals surface area contributed by atoms with Gasteiger partial charge in [0.1, 0.15) is 11.5 Å². The predicted octanol–water partition coefficient (Wildman–Crippen LogP) is 1.65. The molecule has 0 spiro atoms. The number of hydrogen-bond donors (Lipinski definition) is 0. The van der Waals surface area contributed by atoms with Gasteiger partial charge < -0.3 is 9.47 Å².